The standard InChI is InChI=1S/C11H15NO3.ClH/c1-2-15-11(14)10(8-13)12-9-6-4-3-5-7-9;/h3-7,10,12-13H,2,8H2,1H3;1H/t10-;/m0./s1. The number of para-hydroxylation sites is 1. The van der Waals surface area contributed by atoms with Crippen LogP contribution in [0.25, 0.3) is 0 Å². The maximum Gasteiger partial charge on any atom is 0.330 e. The van der Waals surface area contributed by atoms with Crippen LogP contribution in [0.2, 0.25) is 0 Å². The summed E-state index contributed by atoms with van der Waals surface area (Å²) in [4.78, 5) is 11.3. The molecule has 4 nitrogen and oxygen atoms in total. The molecule has 0 unspecified atom stereocenters. The van der Waals surface area contributed by atoms with E-state index in [1.807, 2.05) is 30.3 Å². The number of rotatable bonds is 5. The minimum absolute atomic E-state index is 0. The summed E-state index contributed by atoms with van der Waals surface area (Å²) in [6.45, 7) is 1.76. The number of esters is 1. The molecule has 1 rings (SSSR count). The number of anilines is 1. The number of aliphatic hydroxyl groups is 1. The van der Waals surface area contributed by atoms with Gasteiger partial charge in [-0.1, -0.05) is 18.2 Å². The van der Waals surface area contributed by atoms with Gasteiger partial charge >= 0.3 is 5.97 Å². The smallest absolute Gasteiger partial charge is 0.330 e. The van der Waals surface area contributed by atoms with Crippen molar-refractivity contribution in [3.8, 4) is 0 Å². The highest BCUT2D eigenvalue weighted by Crippen LogP contribution is 2.07. The van der Waals surface area contributed by atoms with Gasteiger partial charge < -0.3 is 15.2 Å². The topological polar surface area (TPSA) is 58.6 Å². The van der Waals surface area contributed by atoms with Crippen molar-refractivity contribution in [2.45, 2.75) is 13.0 Å². The summed E-state index contributed by atoms with van der Waals surface area (Å²) < 4.78 is 4.81. The summed E-state index contributed by atoms with van der Waals surface area (Å²) in [5.74, 6) is -0.441. The predicted molar refractivity (Wildman–Crippen MR) is 64.8 cm³/mol. The van der Waals surface area contributed by atoms with E-state index in [0.717, 1.165) is 5.69 Å². The molecule has 0 radical (unpaired) electrons. The van der Waals surface area contributed by atoms with Gasteiger partial charge in [0, 0.05) is 5.69 Å². The Labute approximate surface area is 101 Å². The van der Waals surface area contributed by atoms with Crippen molar-refractivity contribution in [3.63, 3.8) is 0 Å². The molecule has 0 amide bonds. The van der Waals surface area contributed by atoms with Gasteiger partial charge in [-0.15, -0.1) is 12.4 Å². The molecule has 1 atom stereocenters. The second kappa shape index (κ2) is 7.96. The fourth-order valence-electron chi connectivity index (χ4n) is 1.16. The summed E-state index contributed by atoms with van der Waals surface area (Å²) in [6.07, 6.45) is 0. The first kappa shape index (κ1) is 14.7. The van der Waals surface area contributed by atoms with Crippen LogP contribution < -0.4 is 5.32 Å². The highest BCUT2D eigenvalue weighted by atomic mass is 35.5. The van der Waals surface area contributed by atoms with Crippen molar-refractivity contribution >= 4 is 24.1 Å². The molecule has 90 valence electrons. The average molecular weight is 246 g/mol. The summed E-state index contributed by atoms with van der Waals surface area (Å²) >= 11 is 0. The first-order chi connectivity index (χ1) is 7.27. The molecule has 0 aromatic heterocycles. The Kier molecular flexibility index (Phi) is 7.33. The molecule has 0 saturated carbocycles. The molecule has 0 spiro atoms. The zero-order valence-corrected chi connectivity index (χ0v) is 9.87. The van der Waals surface area contributed by atoms with Crippen LogP contribution in [0.4, 0.5) is 5.69 Å². The van der Waals surface area contributed by atoms with Crippen LogP contribution in [0.5, 0.6) is 0 Å². The third kappa shape index (κ3) is 4.51. The lowest BCUT2D eigenvalue weighted by Crippen LogP contribution is -2.34. The Morgan fingerprint density at radius 1 is 1.44 bits per heavy atom. The van der Waals surface area contributed by atoms with Gasteiger partial charge in [0.15, 0.2) is 0 Å². The maximum atomic E-state index is 11.3. The molecule has 0 fully saturated rings. The first-order valence-electron chi connectivity index (χ1n) is 4.87. The number of halogens is 1. The van der Waals surface area contributed by atoms with Crippen LogP contribution in [-0.4, -0.2) is 30.3 Å². The van der Waals surface area contributed by atoms with E-state index in [1.54, 1.807) is 6.92 Å². The van der Waals surface area contributed by atoms with Crippen LogP contribution in [-0.2, 0) is 9.53 Å². The van der Waals surface area contributed by atoms with Gasteiger partial charge in [0.05, 0.1) is 13.2 Å². The normalized spacial score (nSPS) is 11.1. The number of carbonyl (C=O) groups excluding carboxylic acids is 1. The number of hydrogen-bond donors (Lipinski definition) is 2. The molecular weight excluding hydrogens is 230 g/mol. The van der Waals surface area contributed by atoms with Gasteiger partial charge in [-0.05, 0) is 19.1 Å². The van der Waals surface area contributed by atoms with Crippen molar-refractivity contribution in [1.82, 2.24) is 0 Å². The van der Waals surface area contributed by atoms with Crippen LogP contribution in [0.15, 0.2) is 30.3 Å². The Balaban J connectivity index is 0.00000225. The quantitative estimate of drug-likeness (QED) is 0.771. The predicted octanol–water partition coefficient (Wildman–Crippen LogP) is 1.44. The number of ether oxygens (including phenoxy) is 1. The Hall–Kier alpha value is -1.26. The Morgan fingerprint density at radius 2 is 2.06 bits per heavy atom. The number of aliphatic hydroxyl groups excluding tert-OH is 1. The van der Waals surface area contributed by atoms with Gasteiger partial charge in [0.25, 0.3) is 0 Å². The molecular formula is C11H16ClNO3. The molecule has 0 heterocycles. The number of hydrogen-bond acceptors (Lipinski definition) is 4. The van der Waals surface area contributed by atoms with Crippen molar-refractivity contribution in [1.29, 1.82) is 0 Å². The van der Waals surface area contributed by atoms with Gasteiger partial charge in [-0.25, -0.2) is 4.79 Å². The fourth-order valence-corrected chi connectivity index (χ4v) is 1.16. The Morgan fingerprint density at radius 3 is 2.56 bits per heavy atom. The molecule has 2 N–H and O–H groups in total. The molecule has 1 aromatic carbocycles. The first-order valence-corrected chi connectivity index (χ1v) is 4.87. The van der Waals surface area contributed by atoms with E-state index in [4.69, 9.17) is 9.84 Å². The third-order valence-electron chi connectivity index (χ3n) is 1.87. The van der Waals surface area contributed by atoms with E-state index >= 15 is 0 Å². The largest absolute Gasteiger partial charge is 0.464 e. The number of benzene rings is 1. The second-order valence-corrected chi connectivity index (χ2v) is 3.00. The molecule has 0 aliphatic carbocycles. The molecule has 0 saturated heterocycles. The van der Waals surface area contributed by atoms with Crippen LogP contribution in [0, 0.1) is 0 Å². The number of carbonyl (C=O) groups is 1. The summed E-state index contributed by atoms with van der Waals surface area (Å²) in [7, 11) is 0. The lowest BCUT2D eigenvalue weighted by Gasteiger charge is -2.15. The molecule has 0 aliphatic heterocycles. The van der Waals surface area contributed by atoms with Crippen molar-refractivity contribution in [2.24, 2.45) is 0 Å². The van der Waals surface area contributed by atoms with Crippen molar-refractivity contribution in [2.75, 3.05) is 18.5 Å². The minimum atomic E-state index is -0.702. The van der Waals surface area contributed by atoms with E-state index < -0.39 is 12.0 Å². The number of nitrogens with one attached hydrogen (secondary N) is 1. The SMILES string of the molecule is CCOC(=O)[C@H](CO)Nc1ccccc1.Cl. The van der Waals surface area contributed by atoms with Gasteiger partial charge in [-0.3, -0.25) is 0 Å². The van der Waals surface area contributed by atoms with E-state index in [2.05, 4.69) is 5.32 Å². The van der Waals surface area contributed by atoms with Crippen LogP contribution in [0.1, 0.15) is 6.92 Å². The van der Waals surface area contributed by atoms with Gasteiger partial charge in [0.2, 0.25) is 0 Å². The van der Waals surface area contributed by atoms with Crippen molar-refractivity contribution in [3.05, 3.63) is 30.3 Å². The van der Waals surface area contributed by atoms with Gasteiger partial charge in [-0.2, -0.15) is 0 Å². The molecule has 1 aromatic rings. The van der Waals surface area contributed by atoms with E-state index in [1.165, 1.54) is 0 Å². The van der Waals surface area contributed by atoms with Crippen LogP contribution >= 0.6 is 12.4 Å². The molecule has 16 heavy (non-hydrogen) atoms. The van der Waals surface area contributed by atoms with Crippen molar-refractivity contribution < 1.29 is 14.6 Å². The molecule has 5 heteroatoms. The lowest BCUT2D eigenvalue weighted by atomic mass is 10.2. The average Bonchev–Trinajstić information content (AvgIpc) is 2.27. The maximum absolute atomic E-state index is 11.3. The third-order valence-corrected chi connectivity index (χ3v) is 1.87. The zero-order valence-electron chi connectivity index (χ0n) is 9.05. The van der Waals surface area contributed by atoms with E-state index in [0.29, 0.717) is 6.61 Å². The van der Waals surface area contributed by atoms with E-state index in [9.17, 15) is 4.79 Å². The highest BCUT2D eigenvalue weighted by molar-refractivity contribution is 5.85. The fraction of sp³-hybridized carbons (Fsp3) is 0.364. The Bertz CT molecular complexity index is 305. The zero-order chi connectivity index (χ0) is 11.1. The minimum Gasteiger partial charge on any atom is -0.464 e. The van der Waals surface area contributed by atoms with Gasteiger partial charge in [0.1, 0.15) is 6.04 Å². The molecule has 0 aliphatic rings. The van der Waals surface area contributed by atoms with E-state index in [-0.39, 0.29) is 19.0 Å². The summed E-state index contributed by atoms with van der Waals surface area (Å²) in [5.41, 5.74) is 0.782. The second-order valence-electron chi connectivity index (χ2n) is 3.00. The lowest BCUT2D eigenvalue weighted by molar-refractivity contribution is -0.144. The molecule has 0 bridgehead atoms. The summed E-state index contributed by atoms with van der Waals surface area (Å²) in [5, 5.41) is 11.9. The monoisotopic (exact) mass is 245 g/mol. The van der Waals surface area contributed by atoms with Crippen LogP contribution in [0.3, 0.4) is 0 Å². The summed E-state index contributed by atoms with van der Waals surface area (Å²) in [6, 6.07) is 8.52. The highest BCUT2D eigenvalue weighted by Gasteiger charge is 2.17.